The maximum absolute atomic E-state index is 11.4. The molecule has 0 saturated heterocycles. The molecule has 0 spiro atoms. The summed E-state index contributed by atoms with van der Waals surface area (Å²) in [5, 5.41) is 15.3. The Morgan fingerprint density at radius 3 is 1.50 bits per heavy atom. The predicted octanol–water partition coefficient (Wildman–Crippen LogP) is 3.29. The molecule has 4 rings (SSSR count). The second-order valence-corrected chi connectivity index (χ2v) is 9.46. The summed E-state index contributed by atoms with van der Waals surface area (Å²) in [7, 11) is 0. The number of hydrogen-bond donors (Lipinski definition) is 0. The summed E-state index contributed by atoms with van der Waals surface area (Å²) in [5.41, 5.74) is 36.8. The Morgan fingerprint density at radius 1 is 0.595 bits per heavy atom. The number of unbranched alkanes of at least 4 members (excludes halogenated alkanes) is 2. The monoisotopic (exact) mass is 544 g/mol. The summed E-state index contributed by atoms with van der Waals surface area (Å²) >= 11 is 0. The molecule has 4 heteroatoms. The molecule has 0 aliphatic heterocycles. The van der Waals surface area contributed by atoms with Crippen molar-refractivity contribution in [1.82, 2.24) is 0 Å². The molecular formula is C38H28N2O2. The quantitative estimate of drug-likeness (QED) is 0.194. The molecule has 4 nitrogen and oxygen atoms in total. The average molecular weight is 545 g/mol. The topological polar surface area (TPSA) is 46.4 Å². The molecule has 0 saturated carbocycles. The van der Waals surface area contributed by atoms with Gasteiger partial charge in [0.2, 0.25) is 0 Å². The Kier molecular flexibility index (Phi) is 10.5. The Bertz CT molecular complexity index is 2290. The first-order valence-corrected chi connectivity index (χ1v) is 13.9. The van der Waals surface area contributed by atoms with Crippen LogP contribution in [0.2, 0.25) is 0 Å². The lowest BCUT2D eigenvalue weighted by Crippen LogP contribution is -2.29. The summed E-state index contributed by atoms with van der Waals surface area (Å²) in [6.07, 6.45) is 4.47. The fourth-order valence-electron chi connectivity index (χ4n) is 4.16. The minimum atomic E-state index is -0.457. The number of benzene rings is 3. The van der Waals surface area contributed by atoms with Crippen LogP contribution in [-0.2, 0) is 0 Å². The van der Waals surface area contributed by atoms with Crippen molar-refractivity contribution in [3.05, 3.63) is 136 Å². The Morgan fingerprint density at radius 2 is 1.02 bits per heavy atom. The third-order valence-corrected chi connectivity index (χ3v) is 6.44. The molecule has 3 aromatic rings. The van der Waals surface area contributed by atoms with Crippen LogP contribution in [0.5, 0.6) is 0 Å². The van der Waals surface area contributed by atoms with Crippen molar-refractivity contribution in [2.45, 2.75) is 39.5 Å². The molecule has 0 atom stereocenters. The molecule has 0 radical (unpaired) electrons. The van der Waals surface area contributed by atoms with E-state index < -0.39 is 4.92 Å². The van der Waals surface area contributed by atoms with E-state index in [9.17, 15) is 10.1 Å². The van der Waals surface area contributed by atoms with Gasteiger partial charge in [-0.05, 0) is 83.6 Å². The van der Waals surface area contributed by atoms with Crippen LogP contribution in [0.1, 0.15) is 39.5 Å². The van der Waals surface area contributed by atoms with Gasteiger partial charge < -0.3 is 4.90 Å². The van der Waals surface area contributed by atoms with Crippen LogP contribution in [0.3, 0.4) is 0 Å². The molecule has 0 aromatic heterocycles. The van der Waals surface area contributed by atoms with E-state index in [1.54, 1.807) is 6.07 Å². The second-order valence-electron chi connectivity index (χ2n) is 9.46. The molecule has 42 heavy (non-hydrogen) atoms. The molecule has 0 amide bonds. The van der Waals surface area contributed by atoms with Gasteiger partial charge in [0.25, 0.3) is 5.69 Å². The molecule has 0 heterocycles. The number of rotatable bonds is 8. The number of hydrogen-bond acceptors (Lipinski definition) is 3. The maximum atomic E-state index is 11.4. The number of non-ortho nitro benzene ring substituents is 1. The van der Waals surface area contributed by atoms with Gasteiger partial charge in [0, 0.05) is 62.2 Å². The van der Waals surface area contributed by atoms with Gasteiger partial charge in [-0.1, -0.05) is 73.2 Å². The van der Waals surface area contributed by atoms with Crippen LogP contribution in [0.4, 0.5) is 11.4 Å². The van der Waals surface area contributed by atoms with E-state index >= 15 is 0 Å². The third-order valence-electron chi connectivity index (χ3n) is 6.44. The van der Waals surface area contributed by atoms with E-state index in [0.717, 1.165) is 65.3 Å². The van der Waals surface area contributed by atoms with E-state index in [2.05, 4.69) is 99.7 Å². The van der Waals surface area contributed by atoms with Crippen molar-refractivity contribution < 1.29 is 4.92 Å². The second kappa shape index (κ2) is 15.1. The zero-order valence-corrected chi connectivity index (χ0v) is 23.7. The molecule has 202 valence electrons. The molecule has 0 bridgehead atoms. The van der Waals surface area contributed by atoms with Crippen molar-refractivity contribution in [2.75, 3.05) is 18.0 Å². The smallest absolute Gasteiger partial charge is 0.270 e. The summed E-state index contributed by atoms with van der Waals surface area (Å²) in [4.78, 5) is 13.3. The van der Waals surface area contributed by atoms with Crippen molar-refractivity contribution in [3.63, 3.8) is 0 Å². The lowest BCUT2D eigenvalue weighted by Gasteiger charge is -2.24. The van der Waals surface area contributed by atoms with Crippen LogP contribution in [0.25, 0.3) is 34.4 Å². The number of nitrogens with zero attached hydrogens (tertiary/aromatic N) is 2. The number of nitro groups is 1. The highest BCUT2D eigenvalue weighted by Crippen LogP contribution is 2.12. The van der Waals surface area contributed by atoms with Crippen LogP contribution in [0.15, 0.2) is 95.1 Å². The van der Waals surface area contributed by atoms with Crippen LogP contribution in [0, 0.1) is 10.1 Å². The van der Waals surface area contributed by atoms with E-state index in [1.807, 2.05) is 30.3 Å². The first-order valence-electron chi connectivity index (χ1n) is 13.9. The minimum Gasteiger partial charge on any atom is -0.372 e. The summed E-state index contributed by atoms with van der Waals surface area (Å²) in [6.45, 7) is 6.35. The zero-order valence-electron chi connectivity index (χ0n) is 23.7. The molecule has 0 fully saturated rings. The molecule has 1 aliphatic carbocycles. The van der Waals surface area contributed by atoms with Gasteiger partial charge in [0.15, 0.2) is 0 Å². The fourth-order valence-corrected chi connectivity index (χ4v) is 4.16. The number of nitro benzene ring substituents is 1. The van der Waals surface area contributed by atoms with E-state index in [0.29, 0.717) is 10.4 Å². The molecule has 0 unspecified atom stereocenters. The van der Waals surface area contributed by atoms with Crippen molar-refractivity contribution in [1.29, 1.82) is 0 Å². The van der Waals surface area contributed by atoms with Crippen LogP contribution in [-0.4, -0.2) is 18.0 Å². The summed E-state index contributed by atoms with van der Waals surface area (Å²) in [5.74, 6) is 0. The van der Waals surface area contributed by atoms with Crippen LogP contribution >= 0.6 is 0 Å². The van der Waals surface area contributed by atoms with Crippen LogP contribution < -0.4 is 36.2 Å². The number of fused-ring (bicyclic) bond motifs is 3. The van der Waals surface area contributed by atoms with Gasteiger partial charge in [-0.3, -0.25) is 10.1 Å². The molecule has 3 aromatic carbocycles. The van der Waals surface area contributed by atoms with Gasteiger partial charge in [-0.25, -0.2) is 0 Å². The molecule has 1 aliphatic rings. The third kappa shape index (κ3) is 8.11. The highest BCUT2D eigenvalue weighted by Gasteiger charge is 2.06. The number of anilines is 1. The van der Waals surface area contributed by atoms with Gasteiger partial charge in [-0.15, -0.1) is 0 Å². The van der Waals surface area contributed by atoms with Crippen molar-refractivity contribution in [3.8, 4) is 0 Å². The summed E-state index contributed by atoms with van der Waals surface area (Å²) < 4.78 is 0. The average Bonchev–Trinajstić information content (AvgIpc) is 3.00. The Balaban J connectivity index is 2.22. The van der Waals surface area contributed by atoms with Gasteiger partial charge in [0.05, 0.1) is 4.92 Å². The first-order chi connectivity index (χ1) is 20.6. The normalized spacial score (nSPS) is 10.4. The van der Waals surface area contributed by atoms with Crippen molar-refractivity contribution >= 4 is 45.8 Å². The fraction of sp³-hybridized carbons (Fsp3) is 0.211. The first kappa shape index (κ1) is 29.2. The minimum absolute atomic E-state index is 0.0672. The lowest BCUT2D eigenvalue weighted by molar-refractivity contribution is -0.385. The lowest BCUT2D eigenvalue weighted by atomic mass is 10.2. The van der Waals surface area contributed by atoms with E-state index in [4.69, 9.17) is 0 Å². The maximum Gasteiger partial charge on any atom is 0.270 e. The molecular weight excluding hydrogens is 516 g/mol. The van der Waals surface area contributed by atoms with Gasteiger partial charge >= 0.3 is 0 Å². The molecule has 0 N–H and O–H groups in total. The largest absolute Gasteiger partial charge is 0.372 e. The summed E-state index contributed by atoms with van der Waals surface area (Å²) in [6, 6.07) is 18.1. The predicted molar refractivity (Wildman–Crippen MR) is 167 cm³/mol. The Hall–Kier alpha value is -5.78. The van der Waals surface area contributed by atoms with Gasteiger partial charge in [0.1, 0.15) is 0 Å². The van der Waals surface area contributed by atoms with Crippen molar-refractivity contribution in [2.24, 2.45) is 0 Å². The van der Waals surface area contributed by atoms with E-state index in [1.165, 1.54) is 12.1 Å². The van der Waals surface area contributed by atoms with E-state index in [-0.39, 0.29) is 5.69 Å². The SMILES string of the molecule is CCCCN(CCCC)c1ccc2c(c1)=C=C=C=C=c1ccccc1=C=C=C=C=c1ccc([N+](=O)[O-])cc1=C=C=C=C=2. The highest BCUT2D eigenvalue weighted by molar-refractivity contribution is 5.49. The Labute approximate surface area is 244 Å². The van der Waals surface area contributed by atoms with Gasteiger partial charge in [-0.2, -0.15) is 0 Å². The zero-order chi connectivity index (χ0) is 29.6. The highest BCUT2D eigenvalue weighted by atomic mass is 16.6. The standard InChI is InChI=1S/C38H28N2O2/c1-3-5-27-39(28-6-4-2)37-25-23-33-20-12-14-22-36-30-38(40(41)42)26-24-34(36)19-10-9-17-31-15-7-8-16-32(31)18-11-13-21-35(33)29-37/h7-8,15-16,23-26,29-30H,3-6,27-28H2,1-2H3.